The van der Waals surface area contributed by atoms with Crippen LogP contribution in [0.15, 0.2) is 36.4 Å². The maximum Gasteiger partial charge on any atom is 0.255 e. The first kappa shape index (κ1) is 23.0. The predicted octanol–water partition coefficient (Wildman–Crippen LogP) is 2.48. The summed E-state index contributed by atoms with van der Waals surface area (Å²) >= 11 is 0. The van der Waals surface area contributed by atoms with Crippen LogP contribution >= 0.6 is 0 Å². The smallest absolute Gasteiger partial charge is 0.255 e. The zero-order valence-electron chi connectivity index (χ0n) is 18.1. The minimum atomic E-state index is -0.340. The Bertz CT molecular complexity index is 881. The van der Waals surface area contributed by atoms with E-state index < -0.39 is 0 Å². The molecule has 2 aromatic carbocycles. The van der Waals surface area contributed by atoms with Crippen molar-refractivity contribution in [1.29, 1.82) is 0 Å². The third-order valence-corrected chi connectivity index (χ3v) is 4.66. The number of aliphatic hydroxyl groups is 1. The number of aliphatic hydroxyl groups excluding tert-OH is 1. The molecular formula is C22H29N3O5. The van der Waals surface area contributed by atoms with Gasteiger partial charge in [-0.3, -0.25) is 9.59 Å². The van der Waals surface area contributed by atoms with Crippen LogP contribution in [-0.2, 0) is 0 Å². The highest BCUT2D eigenvalue weighted by molar-refractivity contribution is 6.06. The van der Waals surface area contributed by atoms with Crippen LogP contribution in [0, 0.1) is 0 Å². The third kappa shape index (κ3) is 5.21. The summed E-state index contributed by atoms with van der Waals surface area (Å²) in [6.45, 7) is 2.34. The second-order valence-electron chi connectivity index (χ2n) is 6.76. The van der Waals surface area contributed by atoms with E-state index in [4.69, 9.17) is 9.47 Å². The molecule has 0 aliphatic rings. The Hall–Kier alpha value is -3.26. The lowest BCUT2D eigenvalue weighted by molar-refractivity contribution is 0.0731. The number of methoxy groups -OCH3 is 2. The molecule has 0 atom stereocenters. The molecule has 0 unspecified atom stereocenters. The zero-order chi connectivity index (χ0) is 22.3. The van der Waals surface area contributed by atoms with Gasteiger partial charge in [-0.15, -0.1) is 0 Å². The van der Waals surface area contributed by atoms with Crippen LogP contribution in [0.1, 0.15) is 27.6 Å². The highest BCUT2D eigenvalue weighted by Gasteiger charge is 2.21. The van der Waals surface area contributed by atoms with E-state index in [2.05, 4.69) is 5.32 Å². The van der Waals surface area contributed by atoms with Crippen molar-refractivity contribution in [3.8, 4) is 11.5 Å². The number of nitrogens with one attached hydrogen (secondary N) is 1. The Labute approximate surface area is 177 Å². The van der Waals surface area contributed by atoms with E-state index in [0.717, 1.165) is 5.69 Å². The van der Waals surface area contributed by atoms with Crippen molar-refractivity contribution in [1.82, 2.24) is 4.90 Å². The quantitative estimate of drug-likeness (QED) is 0.654. The number of anilines is 2. The molecule has 30 heavy (non-hydrogen) atoms. The van der Waals surface area contributed by atoms with E-state index in [1.807, 2.05) is 38.1 Å². The molecule has 162 valence electrons. The lowest BCUT2D eigenvalue weighted by Gasteiger charge is -2.21. The lowest BCUT2D eigenvalue weighted by Crippen LogP contribution is -2.33. The van der Waals surface area contributed by atoms with Crippen LogP contribution in [-0.4, -0.2) is 69.8 Å². The number of hydrogen-bond donors (Lipinski definition) is 2. The molecular weight excluding hydrogens is 386 g/mol. The van der Waals surface area contributed by atoms with E-state index >= 15 is 0 Å². The molecule has 2 rings (SSSR count). The van der Waals surface area contributed by atoms with Gasteiger partial charge in [0, 0.05) is 44.0 Å². The molecule has 8 heteroatoms. The number of carbonyl (C=O) groups excluding carboxylic acids is 2. The van der Waals surface area contributed by atoms with Gasteiger partial charge in [0.15, 0.2) is 11.5 Å². The highest BCUT2D eigenvalue weighted by atomic mass is 16.5. The van der Waals surface area contributed by atoms with E-state index in [1.54, 1.807) is 24.3 Å². The number of benzene rings is 2. The molecule has 0 aromatic heterocycles. The SMILES string of the molecule is CCN(CCO)C(=O)c1cc(NC(=O)c2ccc(N(C)C)cc2)c(OC)c(OC)c1. The summed E-state index contributed by atoms with van der Waals surface area (Å²) in [5.74, 6) is 0.0190. The van der Waals surface area contributed by atoms with Gasteiger partial charge >= 0.3 is 0 Å². The summed E-state index contributed by atoms with van der Waals surface area (Å²) in [5, 5.41) is 12.0. The number of nitrogens with zero attached hydrogens (tertiary/aromatic N) is 2. The van der Waals surface area contributed by atoms with Gasteiger partial charge < -0.3 is 29.7 Å². The Morgan fingerprint density at radius 1 is 1.03 bits per heavy atom. The molecule has 2 aromatic rings. The van der Waals surface area contributed by atoms with Crippen molar-refractivity contribution in [2.75, 3.05) is 58.2 Å². The van der Waals surface area contributed by atoms with Gasteiger partial charge in [0.05, 0.1) is 26.5 Å². The van der Waals surface area contributed by atoms with Crippen molar-refractivity contribution in [3.63, 3.8) is 0 Å². The molecule has 0 saturated heterocycles. The second kappa shape index (κ2) is 10.5. The van der Waals surface area contributed by atoms with Crippen LogP contribution in [0.4, 0.5) is 11.4 Å². The average Bonchev–Trinajstić information content (AvgIpc) is 2.76. The largest absolute Gasteiger partial charge is 0.493 e. The van der Waals surface area contributed by atoms with Gasteiger partial charge in [-0.25, -0.2) is 0 Å². The molecule has 0 fully saturated rings. The molecule has 0 heterocycles. The first-order chi connectivity index (χ1) is 14.4. The predicted molar refractivity (Wildman–Crippen MR) is 117 cm³/mol. The number of amides is 2. The fraction of sp³-hybridized carbons (Fsp3) is 0.364. The van der Waals surface area contributed by atoms with Crippen LogP contribution in [0.2, 0.25) is 0 Å². The maximum atomic E-state index is 12.8. The second-order valence-corrected chi connectivity index (χ2v) is 6.76. The fourth-order valence-electron chi connectivity index (χ4n) is 2.99. The number of carbonyl (C=O) groups is 2. The molecule has 2 N–H and O–H groups in total. The molecule has 8 nitrogen and oxygen atoms in total. The minimum Gasteiger partial charge on any atom is -0.493 e. The van der Waals surface area contributed by atoms with Gasteiger partial charge in [-0.1, -0.05) is 0 Å². The summed E-state index contributed by atoms with van der Waals surface area (Å²) < 4.78 is 10.8. The monoisotopic (exact) mass is 415 g/mol. The van der Waals surface area contributed by atoms with E-state index in [-0.39, 0.29) is 25.0 Å². The van der Waals surface area contributed by atoms with Crippen LogP contribution in [0.25, 0.3) is 0 Å². The van der Waals surface area contributed by atoms with Gasteiger partial charge in [-0.2, -0.15) is 0 Å². The van der Waals surface area contributed by atoms with E-state index in [9.17, 15) is 14.7 Å². The van der Waals surface area contributed by atoms with Crippen molar-refractivity contribution in [3.05, 3.63) is 47.5 Å². The summed E-state index contributed by atoms with van der Waals surface area (Å²) in [4.78, 5) is 29.1. The zero-order valence-corrected chi connectivity index (χ0v) is 18.1. The van der Waals surface area contributed by atoms with Gasteiger partial charge in [0.2, 0.25) is 0 Å². The van der Waals surface area contributed by atoms with E-state index in [1.165, 1.54) is 19.1 Å². The Morgan fingerprint density at radius 3 is 2.20 bits per heavy atom. The molecule has 0 aliphatic heterocycles. The van der Waals surface area contributed by atoms with Crippen molar-refractivity contribution in [2.24, 2.45) is 0 Å². The summed E-state index contributed by atoms with van der Waals surface area (Å²) in [6, 6.07) is 10.3. The van der Waals surface area contributed by atoms with Crippen molar-refractivity contribution in [2.45, 2.75) is 6.92 Å². The molecule has 0 aliphatic carbocycles. The van der Waals surface area contributed by atoms with Crippen LogP contribution in [0.3, 0.4) is 0 Å². The number of ether oxygens (including phenoxy) is 2. The fourth-order valence-corrected chi connectivity index (χ4v) is 2.99. The number of rotatable bonds is 9. The van der Waals surface area contributed by atoms with Crippen molar-refractivity contribution < 1.29 is 24.2 Å². The lowest BCUT2D eigenvalue weighted by atomic mass is 10.1. The Morgan fingerprint density at radius 2 is 1.70 bits per heavy atom. The topological polar surface area (TPSA) is 91.3 Å². The maximum absolute atomic E-state index is 12.8. The van der Waals surface area contributed by atoms with Gasteiger partial charge in [0.1, 0.15) is 0 Å². The standard InChI is InChI=1S/C22H29N3O5/c1-6-25(11-12-26)22(28)16-13-18(20(30-5)19(14-16)29-4)23-21(27)15-7-9-17(10-8-15)24(2)3/h7-10,13-14,26H,6,11-12H2,1-5H3,(H,23,27). The van der Waals surface area contributed by atoms with Crippen molar-refractivity contribution >= 4 is 23.2 Å². The molecule has 0 spiro atoms. The van der Waals surface area contributed by atoms with Crippen LogP contribution < -0.4 is 19.7 Å². The number of likely N-dealkylation sites (N-methyl/N-ethyl adjacent to an activating group) is 1. The first-order valence-electron chi connectivity index (χ1n) is 9.61. The highest BCUT2D eigenvalue weighted by Crippen LogP contribution is 2.37. The first-order valence-corrected chi connectivity index (χ1v) is 9.61. The summed E-state index contributed by atoms with van der Waals surface area (Å²) in [6.07, 6.45) is 0. The Balaban J connectivity index is 2.39. The Kier molecular flexibility index (Phi) is 8.06. The van der Waals surface area contributed by atoms with Gasteiger partial charge in [-0.05, 0) is 43.3 Å². The van der Waals surface area contributed by atoms with Gasteiger partial charge in [0.25, 0.3) is 11.8 Å². The molecule has 0 bridgehead atoms. The summed E-state index contributed by atoms with van der Waals surface area (Å²) in [7, 11) is 6.77. The summed E-state index contributed by atoms with van der Waals surface area (Å²) in [5.41, 5.74) is 2.08. The average molecular weight is 415 g/mol. The molecule has 2 amide bonds. The van der Waals surface area contributed by atoms with Crippen LogP contribution in [0.5, 0.6) is 11.5 Å². The molecule has 0 radical (unpaired) electrons. The normalized spacial score (nSPS) is 10.3. The molecule has 0 saturated carbocycles. The third-order valence-electron chi connectivity index (χ3n) is 4.66. The minimum absolute atomic E-state index is 0.139. The number of hydrogen-bond acceptors (Lipinski definition) is 6. The van der Waals surface area contributed by atoms with E-state index in [0.29, 0.717) is 34.9 Å².